The Kier molecular flexibility index (Phi) is 5.73. The summed E-state index contributed by atoms with van der Waals surface area (Å²) in [6.07, 6.45) is 6.93. The Bertz CT molecular complexity index is 388. The van der Waals surface area contributed by atoms with E-state index in [0.29, 0.717) is 12.3 Å². The van der Waals surface area contributed by atoms with Gasteiger partial charge in [0.2, 0.25) is 5.91 Å². The van der Waals surface area contributed by atoms with Gasteiger partial charge in [-0.1, -0.05) is 0 Å². The zero-order valence-electron chi connectivity index (χ0n) is 12.8. The number of aldehydes is 1. The van der Waals surface area contributed by atoms with Gasteiger partial charge in [0.25, 0.3) is 0 Å². The average Bonchev–Trinajstić information content (AvgIpc) is 2.93. The minimum absolute atomic E-state index is 0.0215. The number of likely N-dealkylation sites (N-methyl/N-ethyl adjacent to an activating group) is 1. The van der Waals surface area contributed by atoms with Gasteiger partial charge in [0.1, 0.15) is 6.29 Å². The van der Waals surface area contributed by atoms with Crippen molar-refractivity contribution in [2.45, 2.75) is 44.2 Å². The molecule has 2 aliphatic heterocycles. The van der Waals surface area contributed by atoms with Crippen LogP contribution in [0.1, 0.15) is 32.1 Å². The number of carbonyl (C=O) groups excluding carboxylic acids is 2. The summed E-state index contributed by atoms with van der Waals surface area (Å²) >= 11 is 0. The second kappa shape index (κ2) is 7.54. The van der Waals surface area contributed by atoms with Crippen LogP contribution >= 0.6 is 0 Å². The van der Waals surface area contributed by atoms with Crippen LogP contribution in [0.4, 0.5) is 0 Å². The van der Waals surface area contributed by atoms with E-state index in [-0.39, 0.29) is 11.9 Å². The fourth-order valence-electron chi connectivity index (χ4n) is 3.43. The maximum absolute atomic E-state index is 12.2. The third-order valence-corrected chi connectivity index (χ3v) is 4.64. The fourth-order valence-corrected chi connectivity index (χ4v) is 3.43. The molecule has 1 amide bonds. The molecule has 6 heteroatoms. The van der Waals surface area contributed by atoms with Crippen LogP contribution in [0.3, 0.4) is 0 Å². The van der Waals surface area contributed by atoms with E-state index in [2.05, 4.69) is 10.2 Å². The predicted octanol–water partition coefficient (Wildman–Crippen LogP) is 0.473. The lowest BCUT2D eigenvalue weighted by molar-refractivity contribution is -0.127. The minimum Gasteiger partial charge on any atom is -0.363 e. The molecule has 2 saturated heterocycles. The van der Waals surface area contributed by atoms with Crippen molar-refractivity contribution in [3.05, 3.63) is 0 Å². The highest BCUT2D eigenvalue weighted by Gasteiger charge is 2.30. The molecule has 0 saturated carbocycles. The van der Waals surface area contributed by atoms with Crippen LogP contribution < -0.4 is 5.32 Å². The van der Waals surface area contributed by atoms with Crippen LogP contribution in [-0.2, 0) is 9.59 Å². The maximum atomic E-state index is 12.2. The summed E-state index contributed by atoms with van der Waals surface area (Å²) in [5.41, 5.74) is 0. The van der Waals surface area contributed by atoms with Crippen molar-refractivity contribution in [1.29, 1.82) is 5.41 Å². The second-order valence-corrected chi connectivity index (χ2v) is 6.26. The first-order valence-electron chi connectivity index (χ1n) is 7.84. The minimum atomic E-state index is -0.401. The van der Waals surface area contributed by atoms with E-state index in [0.717, 1.165) is 51.6 Å². The van der Waals surface area contributed by atoms with E-state index in [1.165, 1.54) is 6.34 Å². The number of hydrogen-bond donors (Lipinski definition) is 2. The topological polar surface area (TPSA) is 76.5 Å². The first-order chi connectivity index (χ1) is 10.1. The highest BCUT2D eigenvalue weighted by molar-refractivity contribution is 5.84. The standard InChI is InChI=1S/C15H26N4O2/c1-18-6-3-5-14(18)15(21)17-13(10-20)8-12-4-2-7-19(9-12)11-16/h10-14,16H,2-9H2,1H3,(H,17,21). The summed E-state index contributed by atoms with van der Waals surface area (Å²) < 4.78 is 0. The van der Waals surface area contributed by atoms with Crippen LogP contribution in [0.15, 0.2) is 0 Å². The van der Waals surface area contributed by atoms with Crippen LogP contribution in [0, 0.1) is 11.3 Å². The third kappa shape index (κ3) is 4.27. The molecule has 2 aliphatic rings. The third-order valence-electron chi connectivity index (χ3n) is 4.64. The van der Waals surface area contributed by atoms with E-state index in [4.69, 9.17) is 5.41 Å². The summed E-state index contributed by atoms with van der Waals surface area (Å²) in [5.74, 6) is 0.351. The highest BCUT2D eigenvalue weighted by atomic mass is 16.2. The lowest BCUT2D eigenvalue weighted by Gasteiger charge is -2.32. The van der Waals surface area contributed by atoms with E-state index >= 15 is 0 Å². The Morgan fingerprint density at radius 2 is 2.14 bits per heavy atom. The van der Waals surface area contributed by atoms with Crippen molar-refractivity contribution < 1.29 is 9.59 Å². The van der Waals surface area contributed by atoms with Gasteiger partial charge in [0.05, 0.1) is 18.4 Å². The molecule has 0 aromatic heterocycles. The normalized spacial score (nSPS) is 28.1. The monoisotopic (exact) mass is 294 g/mol. The van der Waals surface area contributed by atoms with E-state index in [9.17, 15) is 9.59 Å². The Balaban J connectivity index is 1.83. The molecule has 2 heterocycles. The van der Waals surface area contributed by atoms with Crippen molar-refractivity contribution in [3.63, 3.8) is 0 Å². The van der Waals surface area contributed by atoms with Gasteiger partial charge < -0.3 is 15.0 Å². The fraction of sp³-hybridized carbons (Fsp3) is 0.800. The quantitative estimate of drug-likeness (QED) is 0.424. The summed E-state index contributed by atoms with van der Waals surface area (Å²) in [6, 6.07) is -0.487. The van der Waals surface area contributed by atoms with E-state index in [1.54, 1.807) is 0 Å². The van der Waals surface area contributed by atoms with Crippen LogP contribution in [0.2, 0.25) is 0 Å². The molecule has 118 valence electrons. The molecule has 6 nitrogen and oxygen atoms in total. The molecule has 0 aromatic rings. The number of piperidine rings is 1. The lowest BCUT2D eigenvalue weighted by Crippen LogP contribution is -2.47. The summed E-state index contributed by atoms with van der Waals surface area (Å²) in [5, 5.41) is 10.2. The molecule has 0 radical (unpaired) electrons. The maximum Gasteiger partial charge on any atom is 0.237 e. The molecule has 0 spiro atoms. The van der Waals surface area contributed by atoms with Crippen molar-refractivity contribution in [2.24, 2.45) is 5.92 Å². The number of likely N-dealkylation sites (tertiary alicyclic amines) is 2. The molecule has 2 N–H and O–H groups in total. The van der Waals surface area contributed by atoms with Crippen molar-refractivity contribution in [3.8, 4) is 0 Å². The number of amides is 1. The van der Waals surface area contributed by atoms with Gasteiger partial charge in [0, 0.05) is 13.1 Å². The first-order valence-corrected chi connectivity index (χ1v) is 7.84. The van der Waals surface area contributed by atoms with E-state index < -0.39 is 6.04 Å². The van der Waals surface area contributed by atoms with E-state index in [1.807, 2.05) is 11.9 Å². The summed E-state index contributed by atoms with van der Waals surface area (Å²) in [7, 11) is 1.95. The van der Waals surface area contributed by atoms with Gasteiger partial charge in [-0.05, 0) is 51.6 Å². The number of hydrogen-bond acceptors (Lipinski definition) is 4. The number of nitrogens with zero attached hydrogens (tertiary/aromatic N) is 2. The Hall–Kier alpha value is -1.43. The second-order valence-electron chi connectivity index (χ2n) is 6.26. The molecule has 21 heavy (non-hydrogen) atoms. The van der Waals surface area contributed by atoms with Gasteiger partial charge in [-0.15, -0.1) is 0 Å². The van der Waals surface area contributed by atoms with Gasteiger partial charge in [0.15, 0.2) is 0 Å². The Morgan fingerprint density at radius 1 is 1.38 bits per heavy atom. The van der Waals surface area contributed by atoms with Crippen LogP contribution in [-0.4, -0.2) is 67.1 Å². The molecule has 3 unspecified atom stereocenters. The Labute approximate surface area is 126 Å². The SMILES string of the molecule is CN1CCCC1C(=O)NC(C=O)CC1CCCN(C=N)C1. The summed E-state index contributed by atoms with van der Waals surface area (Å²) in [6.45, 7) is 2.68. The van der Waals surface area contributed by atoms with Crippen LogP contribution in [0.25, 0.3) is 0 Å². The average molecular weight is 294 g/mol. The molecule has 0 aliphatic carbocycles. The molecule has 0 bridgehead atoms. The zero-order valence-corrected chi connectivity index (χ0v) is 12.8. The van der Waals surface area contributed by atoms with Crippen molar-refractivity contribution >= 4 is 18.5 Å². The van der Waals surface area contributed by atoms with Gasteiger partial charge in [-0.25, -0.2) is 0 Å². The van der Waals surface area contributed by atoms with Gasteiger partial charge in [-0.3, -0.25) is 15.1 Å². The highest BCUT2D eigenvalue weighted by Crippen LogP contribution is 2.20. The molecular formula is C15H26N4O2. The lowest BCUT2D eigenvalue weighted by atomic mass is 9.92. The molecule has 3 atom stereocenters. The van der Waals surface area contributed by atoms with Crippen molar-refractivity contribution in [1.82, 2.24) is 15.1 Å². The largest absolute Gasteiger partial charge is 0.363 e. The molecule has 2 fully saturated rings. The van der Waals surface area contributed by atoms with Gasteiger partial charge >= 0.3 is 0 Å². The summed E-state index contributed by atoms with van der Waals surface area (Å²) in [4.78, 5) is 27.5. The van der Waals surface area contributed by atoms with Crippen LogP contribution in [0.5, 0.6) is 0 Å². The number of carbonyl (C=O) groups is 2. The first kappa shape index (κ1) is 15.9. The molecule has 2 rings (SSSR count). The molecule has 0 aromatic carbocycles. The number of rotatable bonds is 6. The van der Waals surface area contributed by atoms with Crippen molar-refractivity contribution in [2.75, 3.05) is 26.7 Å². The predicted molar refractivity (Wildman–Crippen MR) is 81.3 cm³/mol. The Morgan fingerprint density at radius 3 is 2.76 bits per heavy atom. The number of nitrogens with one attached hydrogen (secondary N) is 2. The smallest absolute Gasteiger partial charge is 0.237 e. The zero-order chi connectivity index (χ0) is 15.2. The van der Waals surface area contributed by atoms with Gasteiger partial charge in [-0.2, -0.15) is 0 Å². The molecular weight excluding hydrogens is 268 g/mol.